The highest BCUT2D eigenvalue weighted by molar-refractivity contribution is 7.80. The predicted molar refractivity (Wildman–Crippen MR) is 116 cm³/mol. The van der Waals surface area contributed by atoms with E-state index in [9.17, 15) is 4.39 Å². The Morgan fingerprint density at radius 2 is 2.04 bits per heavy atom. The highest BCUT2D eigenvalue weighted by atomic mass is 35.5. The summed E-state index contributed by atoms with van der Waals surface area (Å²) in [6.07, 6.45) is 6.31. The molecule has 0 radical (unpaired) electrons. The summed E-state index contributed by atoms with van der Waals surface area (Å²) in [7, 11) is 0. The topological polar surface area (TPSA) is 33.1 Å². The van der Waals surface area contributed by atoms with Crippen LogP contribution in [0.5, 0.6) is 0 Å². The molecule has 1 aromatic heterocycles. The standard InChI is InChI=1S/C20H19Cl2FN4S/c21-18-6-5-17(12-19(18)22)25-20(28)27(9-2-8-26-10-7-24-14-26)13-15-3-1-4-16(23)11-15/h1,3-7,10-12,14H,2,8-9,13H2,(H,25,28). The Morgan fingerprint density at radius 1 is 1.18 bits per heavy atom. The van der Waals surface area contributed by atoms with Crippen LogP contribution in [0.1, 0.15) is 12.0 Å². The zero-order chi connectivity index (χ0) is 19.9. The maximum absolute atomic E-state index is 13.6. The third kappa shape index (κ3) is 5.92. The van der Waals surface area contributed by atoms with E-state index in [1.165, 1.54) is 12.1 Å². The molecule has 0 bridgehead atoms. The van der Waals surface area contributed by atoms with Gasteiger partial charge in [0.15, 0.2) is 5.11 Å². The molecule has 0 unspecified atom stereocenters. The molecule has 4 nitrogen and oxygen atoms in total. The van der Waals surface area contributed by atoms with Gasteiger partial charge in [-0.05, 0) is 54.5 Å². The molecule has 0 aliphatic rings. The van der Waals surface area contributed by atoms with Crippen molar-refractivity contribution in [2.75, 3.05) is 11.9 Å². The van der Waals surface area contributed by atoms with Gasteiger partial charge in [0.05, 0.1) is 16.4 Å². The number of anilines is 1. The van der Waals surface area contributed by atoms with Crippen LogP contribution in [0.3, 0.4) is 0 Å². The van der Waals surface area contributed by atoms with E-state index in [2.05, 4.69) is 10.3 Å². The van der Waals surface area contributed by atoms with Crippen LogP contribution in [-0.4, -0.2) is 26.1 Å². The van der Waals surface area contributed by atoms with E-state index in [-0.39, 0.29) is 5.82 Å². The zero-order valence-corrected chi connectivity index (χ0v) is 17.3. The Kier molecular flexibility index (Phi) is 7.25. The van der Waals surface area contributed by atoms with Crippen LogP contribution in [0.4, 0.5) is 10.1 Å². The summed E-state index contributed by atoms with van der Waals surface area (Å²) in [5, 5.41) is 4.66. The van der Waals surface area contributed by atoms with E-state index < -0.39 is 0 Å². The molecule has 1 heterocycles. The molecule has 8 heteroatoms. The first-order valence-corrected chi connectivity index (χ1v) is 9.89. The van der Waals surface area contributed by atoms with Crippen molar-refractivity contribution in [1.82, 2.24) is 14.5 Å². The van der Waals surface area contributed by atoms with Gasteiger partial charge < -0.3 is 14.8 Å². The van der Waals surface area contributed by atoms with Crippen molar-refractivity contribution in [2.45, 2.75) is 19.5 Å². The SMILES string of the molecule is Fc1cccc(CN(CCCn2ccnc2)C(=S)Nc2ccc(Cl)c(Cl)c2)c1. The molecule has 2 aromatic carbocycles. The normalized spacial score (nSPS) is 10.7. The second-order valence-electron chi connectivity index (χ2n) is 6.26. The van der Waals surface area contributed by atoms with Crippen molar-refractivity contribution in [3.8, 4) is 0 Å². The maximum atomic E-state index is 13.6. The van der Waals surface area contributed by atoms with Gasteiger partial charge in [-0.25, -0.2) is 9.37 Å². The first-order chi connectivity index (χ1) is 13.5. The minimum Gasteiger partial charge on any atom is -0.345 e. The summed E-state index contributed by atoms with van der Waals surface area (Å²) in [4.78, 5) is 6.05. The predicted octanol–water partition coefficient (Wildman–Crippen LogP) is 5.62. The lowest BCUT2D eigenvalue weighted by molar-refractivity contribution is 0.395. The Hall–Kier alpha value is -2.15. The number of hydrogen-bond donors (Lipinski definition) is 1. The van der Waals surface area contributed by atoms with Gasteiger partial charge in [-0.1, -0.05) is 35.3 Å². The third-order valence-electron chi connectivity index (χ3n) is 4.12. The van der Waals surface area contributed by atoms with Gasteiger partial charge >= 0.3 is 0 Å². The second kappa shape index (κ2) is 9.87. The van der Waals surface area contributed by atoms with Crippen LogP contribution >= 0.6 is 35.4 Å². The van der Waals surface area contributed by atoms with Crippen molar-refractivity contribution in [2.24, 2.45) is 0 Å². The summed E-state index contributed by atoms with van der Waals surface area (Å²) >= 11 is 17.7. The van der Waals surface area contributed by atoms with E-state index in [0.29, 0.717) is 28.2 Å². The van der Waals surface area contributed by atoms with Crippen LogP contribution in [0.2, 0.25) is 10.0 Å². The van der Waals surface area contributed by atoms with Gasteiger partial charge in [-0.2, -0.15) is 0 Å². The summed E-state index contributed by atoms with van der Waals surface area (Å²) in [5.74, 6) is -0.265. The molecule has 0 aliphatic heterocycles. The average molecular weight is 437 g/mol. The number of nitrogens with one attached hydrogen (secondary N) is 1. The summed E-state index contributed by atoms with van der Waals surface area (Å²) < 4.78 is 15.6. The zero-order valence-electron chi connectivity index (χ0n) is 15.0. The van der Waals surface area contributed by atoms with Crippen LogP contribution in [0.15, 0.2) is 61.2 Å². The van der Waals surface area contributed by atoms with E-state index in [4.69, 9.17) is 35.4 Å². The number of aromatic nitrogens is 2. The molecule has 3 rings (SSSR count). The third-order valence-corrected chi connectivity index (χ3v) is 5.22. The largest absolute Gasteiger partial charge is 0.345 e. The molecule has 0 saturated carbocycles. The van der Waals surface area contributed by atoms with Gasteiger partial charge in [0.1, 0.15) is 5.82 Å². The minimum absolute atomic E-state index is 0.265. The molecular formula is C20H19Cl2FN4S. The Balaban J connectivity index is 1.69. The summed E-state index contributed by atoms with van der Waals surface area (Å²) in [6.45, 7) is 2.01. The highest BCUT2D eigenvalue weighted by Crippen LogP contribution is 2.25. The van der Waals surface area contributed by atoms with Crippen molar-refractivity contribution in [3.63, 3.8) is 0 Å². The van der Waals surface area contributed by atoms with E-state index in [1.807, 2.05) is 27.8 Å². The quantitative estimate of drug-likeness (QED) is 0.487. The molecule has 1 N–H and O–H groups in total. The fraction of sp³-hybridized carbons (Fsp3) is 0.200. The monoisotopic (exact) mass is 436 g/mol. The minimum atomic E-state index is -0.265. The molecule has 0 aliphatic carbocycles. The fourth-order valence-electron chi connectivity index (χ4n) is 2.75. The van der Waals surface area contributed by atoms with Crippen molar-refractivity contribution in [1.29, 1.82) is 0 Å². The molecule has 28 heavy (non-hydrogen) atoms. The van der Waals surface area contributed by atoms with Gasteiger partial charge in [0.2, 0.25) is 0 Å². The molecule has 146 valence electrons. The molecule has 0 spiro atoms. The van der Waals surface area contributed by atoms with Gasteiger partial charge in [0.25, 0.3) is 0 Å². The number of nitrogens with zero attached hydrogens (tertiary/aromatic N) is 3. The van der Waals surface area contributed by atoms with E-state index in [0.717, 1.165) is 24.2 Å². The van der Waals surface area contributed by atoms with Gasteiger partial charge in [-0.3, -0.25) is 0 Å². The van der Waals surface area contributed by atoms with Crippen LogP contribution in [-0.2, 0) is 13.1 Å². The number of hydrogen-bond acceptors (Lipinski definition) is 2. The number of rotatable bonds is 7. The van der Waals surface area contributed by atoms with Gasteiger partial charge in [0, 0.05) is 37.7 Å². The summed E-state index contributed by atoms with van der Waals surface area (Å²) in [6, 6.07) is 11.8. The highest BCUT2D eigenvalue weighted by Gasteiger charge is 2.12. The number of halogens is 3. The van der Waals surface area contributed by atoms with Crippen molar-refractivity contribution in [3.05, 3.63) is 82.6 Å². The van der Waals surface area contributed by atoms with Crippen molar-refractivity contribution >= 4 is 46.2 Å². The van der Waals surface area contributed by atoms with Crippen LogP contribution < -0.4 is 5.32 Å². The first-order valence-electron chi connectivity index (χ1n) is 8.72. The number of imidazole rings is 1. The lowest BCUT2D eigenvalue weighted by atomic mass is 10.2. The average Bonchev–Trinajstić information content (AvgIpc) is 3.17. The van der Waals surface area contributed by atoms with E-state index in [1.54, 1.807) is 30.7 Å². The Labute approximate surface area is 178 Å². The lowest BCUT2D eigenvalue weighted by Gasteiger charge is -2.26. The Morgan fingerprint density at radius 3 is 2.75 bits per heavy atom. The molecule has 0 fully saturated rings. The number of aryl methyl sites for hydroxylation is 1. The molecule has 3 aromatic rings. The maximum Gasteiger partial charge on any atom is 0.173 e. The van der Waals surface area contributed by atoms with Gasteiger partial charge in [-0.15, -0.1) is 0 Å². The first kappa shape index (κ1) is 20.6. The second-order valence-corrected chi connectivity index (χ2v) is 7.47. The fourth-order valence-corrected chi connectivity index (χ4v) is 3.32. The molecule has 0 amide bonds. The molecule has 0 atom stereocenters. The lowest BCUT2D eigenvalue weighted by Crippen LogP contribution is -2.35. The smallest absolute Gasteiger partial charge is 0.173 e. The van der Waals surface area contributed by atoms with E-state index >= 15 is 0 Å². The Bertz CT molecular complexity index is 934. The number of benzene rings is 2. The number of thiocarbonyl (C=S) groups is 1. The molecule has 0 saturated heterocycles. The van der Waals surface area contributed by atoms with Crippen molar-refractivity contribution < 1.29 is 4.39 Å². The van der Waals surface area contributed by atoms with Crippen LogP contribution in [0.25, 0.3) is 0 Å². The van der Waals surface area contributed by atoms with Crippen LogP contribution in [0, 0.1) is 5.82 Å². The molecular weight excluding hydrogens is 418 g/mol. The summed E-state index contributed by atoms with van der Waals surface area (Å²) in [5.41, 5.74) is 1.60.